The molecule has 1 unspecified atom stereocenters. The summed E-state index contributed by atoms with van der Waals surface area (Å²) in [5.74, 6) is 0.831. The molecule has 0 amide bonds. The minimum absolute atomic E-state index is 0.219. The van der Waals surface area contributed by atoms with Gasteiger partial charge in [-0.1, -0.05) is 33.1 Å². The van der Waals surface area contributed by atoms with Gasteiger partial charge in [0.1, 0.15) is 0 Å². The lowest BCUT2D eigenvalue weighted by molar-refractivity contribution is -0.669. The number of unbranched alkanes of at least 4 members (excludes halogenated alkanes) is 2. The minimum Gasteiger partial charge on any atom is -0.748 e. The fraction of sp³-hybridized carbons (Fsp3) is 1.00. The highest BCUT2D eigenvalue weighted by Crippen LogP contribution is 2.13. The van der Waals surface area contributed by atoms with Crippen LogP contribution in [-0.2, 0) is 10.1 Å². The van der Waals surface area contributed by atoms with E-state index in [0.717, 1.165) is 12.3 Å². The Bertz CT molecular complexity index is 272. The first kappa shape index (κ1) is 17.9. The Morgan fingerprint density at radius 3 is 2.28 bits per heavy atom. The summed E-state index contributed by atoms with van der Waals surface area (Å²) in [6, 6.07) is 0. The molecule has 4 nitrogen and oxygen atoms in total. The van der Waals surface area contributed by atoms with E-state index in [1.807, 2.05) is 6.92 Å². The molecule has 1 atom stereocenters. The van der Waals surface area contributed by atoms with E-state index in [1.54, 1.807) is 0 Å². The van der Waals surface area contributed by atoms with Gasteiger partial charge in [0.2, 0.25) is 0 Å². The SMILES string of the molecule is CCCCC1CCC[NH2+]C1.CCCCS(=O)(=O)[O-]. The summed E-state index contributed by atoms with van der Waals surface area (Å²) in [6.45, 7) is 6.90. The van der Waals surface area contributed by atoms with E-state index in [0.29, 0.717) is 6.42 Å². The third-order valence-electron chi connectivity index (χ3n) is 3.23. The van der Waals surface area contributed by atoms with Gasteiger partial charge in [-0.25, -0.2) is 8.42 Å². The maximum atomic E-state index is 9.83. The second-order valence-electron chi connectivity index (χ2n) is 5.08. The molecule has 2 N–H and O–H groups in total. The molecular weight excluding hydrogens is 250 g/mol. The van der Waals surface area contributed by atoms with Gasteiger partial charge in [0.05, 0.1) is 23.2 Å². The molecule has 0 saturated carbocycles. The lowest BCUT2D eigenvalue weighted by Crippen LogP contribution is -2.87. The number of piperidine rings is 1. The van der Waals surface area contributed by atoms with E-state index in [2.05, 4.69) is 12.2 Å². The predicted molar refractivity (Wildman–Crippen MR) is 73.4 cm³/mol. The summed E-state index contributed by atoms with van der Waals surface area (Å²) < 4.78 is 29.5. The Morgan fingerprint density at radius 1 is 1.22 bits per heavy atom. The summed E-state index contributed by atoms with van der Waals surface area (Å²) in [4.78, 5) is 0. The summed E-state index contributed by atoms with van der Waals surface area (Å²) in [5.41, 5.74) is 0. The number of nitrogens with two attached hydrogens (primary N) is 1. The second kappa shape index (κ2) is 10.8. The molecule has 0 spiro atoms. The molecule has 1 aliphatic rings. The summed E-state index contributed by atoms with van der Waals surface area (Å²) in [7, 11) is -3.94. The molecule has 0 bridgehead atoms. The van der Waals surface area contributed by atoms with Crippen molar-refractivity contribution < 1.29 is 18.3 Å². The van der Waals surface area contributed by atoms with E-state index < -0.39 is 10.1 Å². The van der Waals surface area contributed by atoms with Crippen LogP contribution in [0, 0.1) is 5.92 Å². The van der Waals surface area contributed by atoms with Crippen molar-refractivity contribution in [2.24, 2.45) is 5.92 Å². The molecule has 0 aliphatic carbocycles. The molecule has 1 saturated heterocycles. The third kappa shape index (κ3) is 12.3. The van der Waals surface area contributed by atoms with Gasteiger partial charge in [0, 0.05) is 11.7 Å². The molecule has 1 aliphatic heterocycles. The van der Waals surface area contributed by atoms with Crippen molar-refractivity contribution in [2.75, 3.05) is 18.8 Å². The zero-order valence-electron chi connectivity index (χ0n) is 11.9. The van der Waals surface area contributed by atoms with Crippen molar-refractivity contribution in [3.05, 3.63) is 0 Å². The van der Waals surface area contributed by atoms with Gasteiger partial charge in [-0.05, 0) is 25.7 Å². The second-order valence-corrected chi connectivity index (χ2v) is 6.60. The molecule has 1 rings (SSSR count). The maximum absolute atomic E-state index is 9.83. The highest BCUT2D eigenvalue weighted by molar-refractivity contribution is 7.85. The highest BCUT2D eigenvalue weighted by Gasteiger charge is 2.14. The van der Waals surface area contributed by atoms with Gasteiger partial charge in [0.25, 0.3) is 0 Å². The van der Waals surface area contributed by atoms with Crippen molar-refractivity contribution in [1.29, 1.82) is 0 Å². The Kier molecular flexibility index (Phi) is 10.7. The summed E-state index contributed by atoms with van der Waals surface area (Å²) in [6.07, 6.45) is 8.47. The largest absolute Gasteiger partial charge is 0.748 e. The molecule has 0 aromatic carbocycles. The molecular formula is C13H29NO3S. The van der Waals surface area contributed by atoms with Gasteiger partial charge in [0.15, 0.2) is 0 Å². The van der Waals surface area contributed by atoms with Gasteiger partial charge >= 0.3 is 0 Å². The average Bonchev–Trinajstić information content (AvgIpc) is 2.35. The maximum Gasteiger partial charge on any atom is 0.0945 e. The van der Waals surface area contributed by atoms with E-state index in [-0.39, 0.29) is 5.75 Å². The average molecular weight is 279 g/mol. The van der Waals surface area contributed by atoms with Gasteiger partial charge in [-0.2, -0.15) is 0 Å². The summed E-state index contributed by atoms with van der Waals surface area (Å²) >= 11 is 0. The third-order valence-corrected chi connectivity index (χ3v) is 4.02. The smallest absolute Gasteiger partial charge is 0.0945 e. The Hall–Kier alpha value is -0.130. The van der Waals surface area contributed by atoms with Crippen LogP contribution in [0.15, 0.2) is 0 Å². The van der Waals surface area contributed by atoms with Crippen molar-refractivity contribution >= 4 is 10.1 Å². The number of quaternary nitrogens is 1. The molecule has 110 valence electrons. The number of rotatable bonds is 6. The quantitative estimate of drug-likeness (QED) is 0.748. The van der Waals surface area contributed by atoms with E-state index in [1.165, 1.54) is 45.2 Å². The topological polar surface area (TPSA) is 73.8 Å². The van der Waals surface area contributed by atoms with Crippen LogP contribution < -0.4 is 5.32 Å². The first-order valence-electron chi connectivity index (χ1n) is 7.24. The molecule has 0 aromatic heterocycles. The van der Waals surface area contributed by atoms with Gasteiger partial charge in [-0.15, -0.1) is 0 Å². The normalized spacial score (nSPS) is 20.1. The van der Waals surface area contributed by atoms with Crippen LogP contribution >= 0.6 is 0 Å². The summed E-state index contributed by atoms with van der Waals surface area (Å²) in [5, 5.41) is 2.48. The minimum atomic E-state index is -3.94. The van der Waals surface area contributed by atoms with E-state index in [9.17, 15) is 13.0 Å². The molecule has 1 heterocycles. The fourth-order valence-corrected chi connectivity index (χ4v) is 2.74. The van der Waals surface area contributed by atoms with Crippen molar-refractivity contribution in [3.8, 4) is 0 Å². The monoisotopic (exact) mass is 279 g/mol. The molecule has 5 heteroatoms. The Labute approximate surface area is 112 Å². The molecule has 1 fully saturated rings. The zero-order valence-corrected chi connectivity index (χ0v) is 12.7. The van der Waals surface area contributed by atoms with Crippen LogP contribution in [0.1, 0.15) is 58.8 Å². The van der Waals surface area contributed by atoms with Gasteiger partial charge < -0.3 is 9.87 Å². The van der Waals surface area contributed by atoms with Crippen LogP contribution in [-0.4, -0.2) is 31.8 Å². The van der Waals surface area contributed by atoms with Gasteiger partial charge in [-0.3, -0.25) is 0 Å². The van der Waals surface area contributed by atoms with Crippen LogP contribution in [0.25, 0.3) is 0 Å². The fourth-order valence-electron chi connectivity index (χ4n) is 2.10. The predicted octanol–water partition coefficient (Wildman–Crippen LogP) is 1.48. The highest BCUT2D eigenvalue weighted by atomic mass is 32.2. The first-order chi connectivity index (χ1) is 8.49. The lowest BCUT2D eigenvalue weighted by atomic mass is 9.94. The number of hydrogen-bond donors (Lipinski definition) is 1. The zero-order chi connectivity index (χ0) is 13.9. The molecule has 18 heavy (non-hydrogen) atoms. The molecule has 0 aromatic rings. The van der Waals surface area contributed by atoms with Crippen LogP contribution in [0.5, 0.6) is 0 Å². The van der Waals surface area contributed by atoms with E-state index in [4.69, 9.17) is 0 Å². The van der Waals surface area contributed by atoms with Crippen molar-refractivity contribution in [2.45, 2.75) is 58.8 Å². The molecule has 0 radical (unpaired) electrons. The van der Waals surface area contributed by atoms with Crippen LogP contribution in [0.2, 0.25) is 0 Å². The Balaban J connectivity index is 0.000000331. The van der Waals surface area contributed by atoms with Crippen LogP contribution in [0.4, 0.5) is 0 Å². The number of hydrogen-bond acceptors (Lipinski definition) is 3. The standard InChI is InChI=1S/C9H19N.C4H10O3S/c1-2-3-5-9-6-4-7-10-8-9;1-2-3-4-8(5,6)7/h9-10H,2-8H2,1H3;2-4H2,1H3,(H,5,6,7). The van der Waals surface area contributed by atoms with Crippen LogP contribution in [0.3, 0.4) is 0 Å². The first-order valence-corrected chi connectivity index (χ1v) is 8.82. The van der Waals surface area contributed by atoms with E-state index >= 15 is 0 Å². The van der Waals surface area contributed by atoms with Crippen molar-refractivity contribution in [3.63, 3.8) is 0 Å². The lowest BCUT2D eigenvalue weighted by Gasteiger charge is -2.19. The Morgan fingerprint density at radius 2 is 1.89 bits per heavy atom. The van der Waals surface area contributed by atoms with Crippen molar-refractivity contribution in [1.82, 2.24) is 0 Å².